The minimum Gasteiger partial charge on any atom is -0.353 e. The fraction of sp³-hybridized carbons (Fsp3) is 0.375. The number of fused-ring (bicyclic) bond motifs is 1. The van der Waals surface area contributed by atoms with Crippen molar-refractivity contribution in [2.24, 2.45) is 11.1 Å². The molecule has 0 radical (unpaired) electrons. The van der Waals surface area contributed by atoms with Crippen molar-refractivity contribution >= 4 is 40.0 Å². The van der Waals surface area contributed by atoms with E-state index in [-0.39, 0.29) is 16.8 Å². The molecule has 214 valence electrons. The van der Waals surface area contributed by atoms with Gasteiger partial charge in [-0.3, -0.25) is 0 Å². The van der Waals surface area contributed by atoms with Crippen LogP contribution >= 0.6 is 11.6 Å². The summed E-state index contributed by atoms with van der Waals surface area (Å²) in [5, 5.41) is 4.14. The molecule has 3 aromatic heterocycles. The summed E-state index contributed by atoms with van der Waals surface area (Å²) < 4.78 is 16.6. The van der Waals surface area contributed by atoms with Crippen LogP contribution in [0.2, 0.25) is 5.02 Å². The summed E-state index contributed by atoms with van der Waals surface area (Å²) in [6.07, 6.45) is 2.08. The molecule has 0 saturated carbocycles. The number of aryl methyl sites for hydroxylation is 3. The molecular weight excluding hydrogens is 539 g/mol. The average Bonchev–Trinajstić information content (AvgIpc) is 3.25. The minimum atomic E-state index is -0.429. The first-order chi connectivity index (χ1) is 19.5. The van der Waals surface area contributed by atoms with Crippen molar-refractivity contribution in [3.8, 4) is 11.1 Å². The summed E-state index contributed by atoms with van der Waals surface area (Å²) >= 11 is 5.97. The van der Waals surface area contributed by atoms with E-state index in [0.717, 1.165) is 76.8 Å². The van der Waals surface area contributed by atoms with Crippen LogP contribution in [-0.2, 0) is 6.54 Å². The van der Waals surface area contributed by atoms with Crippen LogP contribution in [0.4, 0.5) is 16.0 Å². The summed E-state index contributed by atoms with van der Waals surface area (Å²) in [5.41, 5.74) is 6.32. The van der Waals surface area contributed by atoms with E-state index in [4.69, 9.17) is 21.6 Å². The molecule has 0 aliphatic carbocycles. The van der Waals surface area contributed by atoms with Crippen LogP contribution in [0.3, 0.4) is 0 Å². The number of hydrogen-bond donors (Lipinski definition) is 0. The monoisotopic (exact) mass is 574 g/mol. The van der Waals surface area contributed by atoms with Gasteiger partial charge in [0.25, 0.3) is 0 Å². The van der Waals surface area contributed by atoms with Crippen molar-refractivity contribution in [3.63, 3.8) is 0 Å². The second kappa shape index (κ2) is 11.2. The largest absolute Gasteiger partial charge is 0.353 e. The Kier molecular flexibility index (Phi) is 7.88. The third-order valence-electron chi connectivity index (χ3n) is 7.81. The number of anilines is 2. The van der Waals surface area contributed by atoms with Crippen molar-refractivity contribution in [1.29, 1.82) is 0 Å². The molecule has 1 aromatic carbocycles. The second-order valence-corrected chi connectivity index (χ2v) is 11.9. The van der Waals surface area contributed by atoms with Crippen LogP contribution in [-0.4, -0.2) is 40.2 Å². The molecule has 4 heterocycles. The van der Waals surface area contributed by atoms with Crippen molar-refractivity contribution in [3.05, 3.63) is 81.2 Å². The van der Waals surface area contributed by atoms with Gasteiger partial charge in [0.05, 0.1) is 5.02 Å². The molecule has 1 aliphatic heterocycles. The van der Waals surface area contributed by atoms with Gasteiger partial charge in [0.1, 0.15) is 28.8 Å². The van der Waals surface area contributed by atoms with Gasteiger partial charge in [0.15, 0.2) is 0 Å². The zero-order valence-corrected chi connectivity index (χ0v) is 25.3. The third-order valence-corrected chi connectivity index (χ3v) is 8.12. The van der Waals surface area contributed by atoms with Gasteiger partial charge in [-0.1, -0.05) is 38.1 Å². The molecule has 0 N–H and O–H groups in total. The Labute approximate surface area is 245 Å². The zero-order chi connectivity index (χ0) is 29.6. The number of benzene rings is 1. The summed E-state index contributed by atoms with van der Waals surface area (Å²) in [4.78, 5) is 25.8. The van der Waals surface area contributed by atoms with Gasteiger partial charge in [-0.25, -0.2) is 14.4 Å². The Morgan fingerprint density at radius 2 is 1.90 bits per heavy atom. The normalized spacial score (nSPS) is 15.7. The van der Waals surface area contributed by atoms with E-state index in [1.807, 2.05) is 26.0 Å². The zero-order valence-electron chi connectivity index (χ0n) is 24.5. The topological polar surface area (TPSA) is 66.6 Å². The van der Waals surface area contributed by atoms with Crippen LogP contribution in [0, 0.1) is 37.4 Å². The SMILES string of the molecule is C=C(N=O)c1c(C)cc(N2CCN(c3nc4c(cc3C)c(-c3ccc(Cl)c(F)c3)cn4CC(C)C)C(C)C2)nc1C. The molecule has 0 bridgehead atoms. The lowest BCUT2D eigenvalue weighted by Crippen LogP contribution is -2.53. The van der Waals surface area contributed by atoms with Gasteiger partial charge >= 0.3 is 0 Å². The maximum Gasteiger partial charge on any atom is 0.143 e. The molecule has 9 heteroatoms. The molecule has 0 spiro atoms. The summed E-state index contributed by atoms with van der Waals surface area (Å²) in [6.45, 7) is 19.4. The fourth-order valence-corrected chi connectivity index (χ4v) is 6.07. The Balaban J connectivity index is 1.48. The molecule has 1 atom stereocenters. The van der Waals surface area contributed by atoms with Crippen LogP contribution in [0.25, 0.3) is 27.9 Å². The standard InChI is InChI=1S/C32H36ClFN6O/c1-18(2)15-39-17-26(24-8-9-27(33)28(34)14-24)25-12-20(4)31(36-32(25)39)40-11-10-38(16-21(40)5)29-13-19(3)30(22(6)35-29)23(7)37-41/h8-9,12-14,17-18,21H,7,10-11,15-16H2,1-6H3. The first-order valence-corrected chi connectivity index (χ1v) is 14.3. The van der Waals surface area contributed by atoms with Crippen LogP contribution in [0.1, 0.15) is 43.2 Å². The molecule has 4 aromatic rings. The van der Waals surface area contributed by atoms with Gasteiger partial charge in [-0.15, -0.1) is 4.91 Å². The number of piperazine rings is 1. The second-order valence-electron chi connectivity index (χ2n) is 11.5. The Hall–Kier alpha value is -3.78. The van der Waals surface area contributed by atoms with Gasteiger partial charge in [-0.2, -0.15) is 0 Å². The van der Waals surface area contributed by atoms with Gasteiger partial charge < -0.3 is 14.4 Å². The molecule has 0 amide bonds. The molecule has 1 unspecified atom stereocenters. The van der Waals surface area contributed by atoms with Crippen LogP contribution in [0.5, 0.6) is 0 Å². The molecule has 1 fully saturated rings. The maximum absolute atomic E-state index is 14.4. The first kappa shape index (κ1) is 28.7. The maximum atomic E-state index is 14.4. The van der Waals surface area contributed by atoms with E-state index in [2.05, 4.69) is 66.1 Å². The van der Waals surface area contributed by atoms with Crippen LogP contribution < -0.4 is 9.80 Å². The number of nitrogens with zero attached hydrogens (tertiary/aromatic N) is 6. The lowest BCUT2D eigenvalue weighted by Gasteiger charge is -2.42. The summed E-state index contributed by atoms with van der Waals surface area (Å²) in [6, 6.07) is 9.33. The average molecular weight is 575 g/mol. The third kappa shape index (κ3) is 5.45. The fourth-order valence-electron chi connectivity index (χ4n) is 5.95. The van der Waals surface area contributed by atoms with E-state index >= 15 is 0 Å². The number of rotatable bonds is 7. The Morgan fingerprint density at radius 1 is 1.15 bits per heavy atom. The van der Waals surface area contributed by atoms with Crippen molar-refractivity contribution in [1.82, 2.24) is 14.5 Å². The number of pyridine rings is 2. The van der Waals surface area contributed by atoms with E-state index in [1.54, 1.807) is 6.07 Å². The van der Waals surface area contributed by atoms with Crippen molar-refractivity contribution in [2.45, 2.75) is 54.1 Å². The molecule has 5 rings (SSSR count). The highest BCUT2D eigenvalue weighted by atomic mass is 35.5. The molecule has 7 nitrogen and oxygen atoms in total. The highest BCUT2D eigenvalue weighted by Gasteiger charge is 2.28. The lowest BCUT2D eigenvalue weighted by molar-refractivity contribution is 0.529. The Morgan fingerprint density at radius 3 is 2.54 bits per heavy atom. The summed E-state index contributed by atoms with van der Waals surface area (Å²) in [7, 11) is 0. The molecule has 41 heavy (non-hydrogen) atoms. The van der Waals surface area contributed by atoms with Crippen molar-refractivity contribution in [2.75, 3.05) is 29.4 Å². The number of aromatic nitrogens is 3. The lowest BCUT2D eigenvalue weighted by atomic mass is 10.0. The van der Waals surface area contributed by atoms with Gasteiger partial charge in [-0.05, 0) is 79.7 Å². The minimum absolute atomic E-state index is 0.115. The van der Waals surface area contributed by atoms with Crippen molar-refractivity contribution < 1.29 is 4.39 Å². The summed E-state index contributed by atoms with van der Waals surface area (Å²) in [5.74, 6) is 1.84. The van der Waals surface area contributed by atoms with E-state index in [9.17, 15) is 9.30 Å². The number of nitroso groups, excluding NO2 is 1. The van der Waals surface area contributed by atoms with Crippen LogP contribution in [0.15, 0.2) is 48.3 Å². The molecule has 1 saturated heterocycles. The van der Waals surface area contributed by atoms with E-state index < -0.39 is 5.82 Å². The van der Waals surface area contributed by atoms with E-state index in [1.165, 1.54) is 6.07 Å². The highest BCUT2D eigenvalue weighted by Crippen LogP contribution is 2.36. The number of halogens is 2. The number of hydrogen-bond acceptors (Lipinski definition) is 6. The smallest absolute Gasteiger partial charge is 0.143 e. The van der Waals surface area contributed by atoms with E-state index in [0.29, 0.717) is 11.5 Å². The van der Waals surface area contributed by atoms with Gasteiger partial charge in [0, 0.05) is 60.6 Å². The Bertz CT molecular complexity index is 1640. The predicted molar refractivity (Wildman–Crippen MR) is 167 cm³/mol. The molecule has 1 aliphatic rings. The predicted octanol–water partition coefficient (Wildman–Crippen LogP) is 7.92. The first-order valence-electron chi connectivity index (χ1n) is 14.0. The highest BCUT2D eigenvalue weighted by molar-refractivity contribution is 6.30. The van der Waals surface area contributed by atoms with Gasteiger partial charge in [0.2, 0.25) is 0 Å². The molecular formula is C32H36ClFN6O. The quantitative estimate of drug-likeness (QED) is 0.210.